The summed E-state index contributed by atoms with van der Waals surface area (Å²) < 4.78 is 39.2. The minimum Gasteiger partial charge on any atom is -0.348 e. The molecule has 0 aromatic heterocycles. The fourth-order valence-corrected chi connectivity index (χ4v) is 1.80. The average Bonchev–Trinajstić information content (AvgIpc) is 2.44. The maximum absolute atomic E-state index is 13.4. The van der Waals surface area contributed by atoms with Gasteiger partial charge in [0.05, 0.1) is 0 Å². The van der Waals surface area contributed by atoms with E-state index in [1.54, 1.807) is 31.2 Å². The second-order valence-corrected chi connectivity index (χ2v) is 4.33. The van der Waals surface area contributed by atoms with E-state index in [9.17, 15) is 18.0 Å². The summed E-state index contributed by atoms with van der Waals surface area (Å²) in [6.45, 7) is 1.56. The molecule has 0 aliphatic carbocycles. The summed E-state index contributed by atoms with van der Waals surface area (Å²) in [5.41, 5.74) is 1.12. The molecule has 104 valence electrons. The van der Waals surface area contributed by atoms with Crippen LogP contribution in [0.5, 0.6) is 0 Å². The van der Waals surface area contributed by atoms with Crippen molar-refractivity contribution in [2.45, 2.75) is 13.5 Å². The van der Waals surface area contributed by atoms with Crippen LogP contribution in [0.15, 0.2) is 36.4 Å². The number of halogens is 3. The zero-order valence-electron chi connectivity index (χ0n) is 10.7. The number of carbonyl (C=O) groups excluding carboxylic acids is 1. The number of benzene rings is 2. The first-order valence-corrected chi connectivity index (χ1v) is 5.97. The molecule has 2 rings (SSSR count). The maximum atomic E-state index is 13.4. The summed E-state index contributed by atoms with van der Waals surface area (Å²) in [6.07, 6.45) is 0. The number of nitrogens with one attached hydrogen (secondary N) is 1. The summed E-state index contributed by atoms with van der Waals surface area (Å²) in [4.78, 5) is 11.9. The molecule has 0 radical (unpaired) electrons. The van der Waals surface area contributed by atoms with E-state index in [0.717, 1.165) is 17.7 Å². The topological polar surface area (TPSA) is 29.1 Å². The third-order valence-corrected chi connectivity index (χ3v) is 2.94. The molecular weight excluding hydrogens is 267 g/mol. The van der Waals surface area contributed by atoms with Gasteiger partial charge in [0.15, 0.2) is 17.5 Å². The minimum atomic E-state index is -1.53. The molecule has 20 heavy (non-hydrogen) atoms. The Bertz CT molecular complexity index is 656. The van der Waals surface area contributed by atoms with E-state index < -0.39 is 23.4 Å². The van der Waals surface area contributed by atoms with Gasteiger partial charge in [-0.3, -0.25) is 4.79 Å². The zero-order valence-corrected chi connectivity index (χ0v) is 10.7. The third-order valence-electron chi connectivity index (χ3n) is 2.94. The summed E-state index contributed by atoms with van der Waals surface area (Å²) in [6, 6.07) is 8.83. The first-order valence-electron chi connectivity index (χ1n) is 5.97. The summed E-state index contributed by atoms with van der Waals surface area (Å²) >= 11 is 0. The molecule has 0 saturated carbocycles. The molecule has 0 bridgehead atoms. The molecule has 0 aliphatic rings. The number of rotatable bonds is 3. The molecule has 0 aliphatic heterocycles. The number of hydrogen-bond donors (Lipinski definition) is 1. The van der Waals surface area contributed by atoms with Crippen LogP contribution in [0.1, 0.15) is 21.5 Å². The summed E-state index contributed by atoms with van der Waals surface area (Å²) in [5, 5.41) is 2.48. The molecule has 5 heteroatoms. The van der Waals surface area contributed by atoms with Crippen molar-refractivity contribution >= 4 is 5.91 Å². The molecule has 0 heterocycles. The summed E-state index contributed by atoms with van der Waals surface area (Å²) in [5.74, 6) is -4.47. The monoisotopic (exact) mass is 279 g/mol. The lowest BCUT2D eigenvalue weighted by atomic mass is 10.1. The van der Waals surface area contributed by atoms with Crippen molar-refractivity contribution in [2.24, 2.45) is 0 Å². The molecule has 2 aromatic carbocycles. The van der Waals surface area contributed by atoms with Gasteiger partial charge in [0.1, 0.15) is 0 Å². The molecule has 1 amide bonds. The van der Waals surface area contributed by atoms with Crippen molar-refractivity contribution < 1.29 is 18.0 Å². The molecule has 1 N–H and O–H groups in total. The van der Waals surface area contributed by atoms with E-state index >= 15 is 0 Å². The van der Waals surface area contributed by atoms with E-state index in [4.69, 9.17) is 0 Å². The van der Waals surface area contributed by atoms with Gasteiger partial charge in [0.25, 0.3) is 5.91 Å². The highest BCUT2D eigenvalue weighted by Gasteiger charge is 2.14. The Morgan fingerprint density at radius 3 is 2.45 bits per heavy atom. The standard InChI is InChI=1S/C15H12F3NO/c1-9-4-2-3-5-11(9)15(20)19-8-10-6-7-12(16)14(18)13(10)17/h2-7H,8H2,1H3,(H,19,20). The highest BCUT2D eigenvalue weighted by Crippen LogP contribution is 2.15. The lowest BCUT2D eigenvalue weighted by Gasteiger charge is -2.08. The fourth-order valence-electron chi connectivity index (χ4n) is 1.80. The van der Waals surface area contributed by atoms with Gasteiger partial charge in [-0.15, -0.1) is 0 Å². The molecule has 0 fully saturated rings. The Hall–Kier alpha value is -2.30. The quantitative estimate of drug-likeness (QED) is 0.858. The normalized spacial score (nSPS) is 10.4. The molecule has 0 unspecified atom stereocenters. The smallest absolute Gasteiger partial charge is 0.251 e. The van der Waals surface area contributed by atoms with E-state index in [1.807, 2.05) is 0 Å². The van der Waals surface area contributed by atoms with Crippen LogP contribution in [-0.2, 0) is 6.54 Å². The maximum Gasteiger partial charge on any atom is 0.251 e. The van der Waals surface area contributed by atoms with Gasteiger partial charge in [-0.05, 0) is 24.6 Å². The SMILES string of the molecule is Cc1ccccc1C(=O)NCc1ccc(F)c(F)c1F. The van der Waals surface area contributed by atoms with Crippen LogP contribution in [0.4, 0.5) is 13.2 Å². The first-order chi connectivity index (χ1) is 9.50. The molecule has 2 aromatic rings. The van der Waals surface area contributed by atoms with Crippen LogP contribution in [-0.4, -0.2) is 5.91 Å². The predicted molar refractivity (Wildman–Crippen MR) is 68.7 cm³/mol. The average molecular weight is 279 g/mol. The minimum absolute atomic E-state index is 0.106. The van der Waals surface area contributed by atoms with Gasteiger partial charge in [-0.1, -0.05) is 24.3 Å². The van der Waals surface area contributed by atoms with Crippen LogP contribution >= 0.6 is 0 Å². The van der Waals surface area contributed by atoms with Gasteiger partial charge in [-0.25, -0.2) is 13.2 Å². The molecular formula is C15H12F3NO. The predicted octanol–water partition coefficient (Wildman–Crippen LogP) is 3.34. The highest BCUT2D eigenvalue weighted by molar-refractivity contribution is 5.95. The summed E-state index contributed by atoms with van der Waals surface area (Å²) in [7, 11) is 0. The number of amides is 1. The van der Waals surface area contributed by atoms with Crippen molar-refractivity contribution in [2.75, 3.05) is 0 Å². The second-order valence-electron chi connectivity index (χ2n) is 4.33. The van der Waals surface area contributed by atoms with E-state index in [2.05, 4.69) is 5.32 Å². The van der Waals surface area contributed by atoms with Gasteiger partial charge in [-0.2, -0.15) is 0 Å². The Labute approximate surface area is 114 Å². The van der Waals surface area contributed by atoms with Crippen molar-refractivity contribution in [3.63, 3.8) is 0 Å². The third kappa shape index (κ3) is 2.82. The van der Waals surface area contributed by atoms with Crippen LogP contribution in [0, 0.1) is 24.4 Å². The van der Waals surface area contributed by atoms with E-state index in [0.29, 0.717) is 5.56 Å². The Kier molecular flexibility index (Phi) is 4.08. The Morgan fingerprint density at radius 1 is 1.05 bits per heavy atom. The first kappa shape index (κ1) is 14.1. The fraction of sp³-hybridized carbons (Fsp3) is 0.133. The zero-order chi connectivity index (χ0) is 14.7. The lowest BCUT2D eigenvalue weighted by Crippen LogP contribution is -2.24. The largest absolute Gasteiger partial charge is 0.348 e. The number of aryl methyl sites for hydroxylation is 1. The van der Waals surface area contributed by atoms with Gasteiger partial charge < -0.3 is 5.32 Å². The lowest BCUT2D eigenvalue weighted by molar-refractivity contribution is 0.0950. The molecule has 0 saturated heterocycles. The second kappa shape index (κ2) is 5.77. The van der Waals surface area contributed by atoms with E-state index in [-0.39, 0.29) is 12.1 Å². The van der Waals surface area contributed by atoms with Gasteiger partial charge in [0.2, 0.25) is 0 Å². The highest BCUT2D eigenvalue weighted by atomic mass is 19.2. The van der Waals surface area contributed by atoms with Gasteiger partial charge in [0, 0.05) is 17.7 Å². The van der Waals surface area contributed by atoms with Crippen molar-refractivity contribution in [1.82, 2.24) is 5.32 Å². The van der Waals surface area contributed by atoms with Crippen LogP contribution in [0.2, 0.25) is 0 Å². The van der Waals surface area contributed by atoms with Crippen molar-refractivity contribution in [1.29, 1.82) is 0 Å². The van der Waals surface area contributed by atoms with Crippen LogP contribution in [0.3, 0.4) is 0 Å². The van der Waals surface area contributed by atoms with Gasteiger partial charge >= 0.3 is 0 Å². The molecule has 0 atom stereocenters. The number of hydrogen-bond acceptors (Lipinski definition) is 1. The van der Waals surface area contributed by atoms with E-state index in [1.165, 1.54) is 0 Å². The Balaban J connectivity index is 2.12. The Morgan fingerprint density at radius 2 is 1.75 bits per heavy atom. The van der Waals surface area contributed by atoms with Crippen LogP contribution in [0.25, 0.3) is 0 Å². The van der Waals surface area contributed by atoms with Crippen LogP contribution < -0.4 is 5.32 Å². The molecule has 2 nitrogen and oxygen atoms in total. The van der Waals surface area contributed by atoms with Crippen molar-refractivity contribution in [3.05, 3.63) is 70.5 Å². The number of carbonyl (C=O) groups is 1. The molecule has 0 spiro atoms. The van der Waals surface area contributed by atoms with Crippen molar-refractivity contribution in [3.8, 4) is 0 Å².